The lowest BCUT2D eigenvalue weighted by atomic mass is 10.1. The number of hydrogen-bond donors (Lipinski definition) is 2. The maximum absolute atomic E-state index is 9.30. The first-order valence-corrected chi connectivity index (χ1v) is 6.71. The van der Waals surface area contributed by atoms with Crippen LogP contribution in [-0.4, -0.2) is 5.11 Å². The van der Waals surface area contributed by atoms with Gasteiger partial charge >= 0.3 is 0 Å². The minimum atomic E-state index is 0.0735. The zero-order valence-corrected chi connectivity index (χ0v) is 10.7. The number of thiophene rings is 1. The molecule has 1 aromatic carbocycles. The molecule has 1 atom stereocenters. The van der Waals surface area contributed by atoms with Crippen LogP contribution in [0.1, 0.15) is 29.8 Å². The van der Waals surface area contributed by atoms with E-state index in [9.17, 15) is 5.11 Å². The summed E-state index contributed by atoms with van der Waals surface area (Å²) in [6.07, 6.45) is 1.03. The summed E-state index contributed by atoms with van der Waals surface area (Å²) in [7, 11) is 0. The van der Waals surface area contributed by atoms with Gasteiger partial charge in [-0.3, -0.25) is 0 Å². The second kappa shape index (κ2) is 5.84. The number of aliphatic hydroxyl groups excluding tert-OH is 1. The van der Waals surface area contributed by atoms with Gasteiger partial charge in [-0.1, -0.05) is 31.2 Å². The van der Waals surface area contributed by atoms with Gasteiger partial charge in [0.25, 0.3) is 0 Å². The molecule has 0 fully saturated rings. The Morgan fingerprint density at radius 1 is 1.24 bits per heavy atom. The molecule has 2 aromatic rings. The summed E-state index contributed by atoms with van der Waals surface area (Å²) in [5.74, 6) is 0. The van der Waals surface area contributed by atoms with Crippen LogP contribution in [0.5, 0.6) is 0 Å². The first-order valence-electron chi connectivity index (χ1n) is 5.84. The molecule has 0 aliphatic rings. The fourth-order valence-electron chi connectivity index (χ4n) is 1.85. The average Bonchev–Trinajstić information content (AvgIpc) is 2.90. The lowest BCUT2D eigenvalue weighted by Crippen LogP contribution is -2.09. The molecule has 0 spiro atoms. The SMILES string of the molecule is CCC(Nc1ccccc1CO)c1cccs1. The van der Waals surface area contributed by atoms with E-state index in [4.69, 9.17) is 0 Å². The van der Waals surface area contributed by atoms with Crippen molar-refractivity contribution >= 4 is 17.0 Å². The van der Waals surface area contributed by atoms with Crippen LogP contribution >= 0.6 is 11.3 Å². The van der Waals surface area contributed by atoms with Gasteiger partial charge in [0.2, 0.25) is 0 Å². The average molecular weight is 247 g/mol. The van der Waals surface area contributed by atoms with Crippen molar-refractivity contribution < 1.29 is 5.11 Å². The number of para-hydroxylation sites is 1. The molecule has 17 heavy (non-hydrogen) atoms. The zero-order chi connectivity index (χ0) is 12.1. The fourth-order valence-corrected chi connectivity index (χ4v) is 2.71. The molecule has 0 aliphatic carbocycles. The summed E-state index contributed by atoms with van der Waals surface area (Å²) in [6.45, 7) is 2.24. The van der Waals surface area contributed by atoms with Crippen LogP contribution in [0.4, 0.5) is 5.69 Å². The Hall–Kier alpha value is -1.32. The second-order valence-electron chi connectivity index (χ2n) is 3.94. The molecular weight excluding hydrogens is 230 g/mol. The Morgan fingerprint density at radius 2 is 2.06 bits per heavy atom. The van der Waals surface area contributed by atoms with Gasteiger partial charge in [0.15, 0.2) is 0 Å². The van der Waals surface area contributed by atoms with Gasteiger partial charge < -0.3 is 10.4 Å². The van der Waals surface area contributed by atoms with Gasteiger partial charge in [-0.25, -0.2) is 0 Å². The van der Waals surface area contributed by atoms with Crippen LogP contribution in [0.2, 0.25) is 0 Å². The van der Waals surface area contributed by atoms with E-state index in [1.807, 2.05) is 24.3 Å². The van der Waals surface area contributed by atoms with Crippen molar-refractivity contribution in [3.8, 4) is 0 Å². The standard InChI is InChI=1S/C14H17NOS/c1-2-12(14-8-5-9-17-14)15-13-7-4-3-6-11(13)10-16/h3-9,12,15-16H,2,10H2,1H3. The number of anilines is 1. The van der Waals surface area contributed by atoms with E-state index in [2.05, 4.69) is 29.8 Å². The smallest absolute Gasteiger partial charge is 0.0701 e. The molecule has 0 aliphatic heterocycles. The van der Waals surface area contributed by atoms with E-state index in [0.29, 0.717) is 6.04 Å². The van der Waals surface area contributed by atoms with E-state index in [0.717, 1.165) is 17.7 Å². The van der Waals surface area contributed by atoms with Gasteiger partial charge in [-0.05, 0) is 23.9 Å². The van der Waals surface area contributed by atoms with Gasteiger partial charge in [0, 0.05) is 16.1 Å². The second-order valence-corrected chi connectivity index (χ2v) is 4.92. The molecule has 3 heteroatoms. The highest BCUT2D eigenvalue weighted by atomic mass is 32.1. The molecule has 0 saturated carbocycles. The molecule has 2 rings (SSSR count). The molecule has 90 valence electrons. The molecule has 0 radical (unpaired) electrons. The summed E-state index contributed by atoms with van der Waals surface area (Å²) in [6, 6.07) is 12.4. The predicted octanol–water partition coefficient (Wildman–Crippen LogP) is 3.80. The van der Waals surface area contributed by atoms with Crippen LogP contribution in [0.15, 0.2) is 41.8 Å². The van der Waals surface area contributed by atoms with Gasteiger partial charge in [0.05, 0.1) is 12.6 Å². The van der Waals surface area contributed by atoms with Crippen molar-refractivity contribution in [2.45, 2.75) is 26.0 Å². The van der Waals surface area contributed by atoms with Gasteiger partial charge in [0.1, 0.15) is 0 Å². The van der Waals surface area contributed by atoms with Crippen molar-refractivity contribution in [3.63, 3.8) is 0 Å². The summed E-state index contributed by atoms with van der Waals surface area (Å²) >= 11 is 1.76. The van der Waals surface area contributed by atoms with Gasteiger partial charge in [-0.2, -0.15) is 0 Å². The van der Waals surface area contributed by atoms with Crippen LogP contribution in [0.3, 0.4) is 0 Å². The summed E-state index contributed by atoms with van der Waals surface area (Å²) in [5, 5.41) is 14.9. The minimum absolute atomic E-state index is 0.0735. The third-order valence-electron chi connectivity index (χ3n) is 2.81. The van der Waals surface area contributed by atoms with Crippen molar-refractivity contribution in [2.75, 3.05) is 5.32 Å². The third kappa shape index (κ3) is 2.87. The van der Waals surface area contributed by atoms with Crippen LogP contribution in [0.25, 0.3) is 0 Å². The molecular formula is C14H17NOS. The highest BCUT2D eigenvalue weighted by molar-refractivity contribution is 7.10. The van der Waals surface area contributed by atoms with Crippen molar-refractivity contribution in [2.24, 2.45) is 0 Å². The number of nitrogens with one attached hydrogen (secondary N) is 1. The highest BCUT2D eigenvalue weighted by Gasteiger charge is 2.11. The Kier molecular flexibility index (Phi) is 4.18. The number of benzene rings is 1. The normalized spacial score (nSPS) is 12.4. The molecule has 1 heterocycles. The van der Waals surface area contributed by atoms with Crippen LogP contribution in [-0.2, 0) is 6.61 Å². The van der Waals surface area contributed by atoms with Crippen LogP contribution in [0, 0.1) is 0 Å². The molecule has 2 nitrogen and oxygen atoms in total. The predicted molar refractivity (Wildman–Crippen MR) is 73.3 cm³/mol. The first kappa shape index (κ1) is 12.1. The van der Waals surface area contributed by atoms with E-state index in [1.54, 1.807) is 11.3 Å². The van der Waals surface area contributed by atoms with E-state index in [1.165, 1.54) is 4.88 Å². The Balaban J connectivity index is 2.18. The number of rotatable bonds is 5. The third-order valence-corrected chi connectivity index (χ3v) is 3.80. The lowest BCUT2D eigenvalue weighted by molar-refractivity contribution is 0.282. The molecule has 1 unspecified atom stereocenters. The monoisotopic (exact) mass is 247 g/mol. The number of hydrogen-bond acceptors (Lipinski definition) is 3. The zero-order valence-electron chi connectivity index (χ0n) is 9.89. The molecule has 0 saturated heterocycles. The number of aliphatic hydroxyl groups is 1. The van der Waals surface area contributed by atoms with Gasteiger partial charge in [-0.15, -0.1) is 11.3 Å². The topological polar surface area (TPSA) is 32.3 Å². The van der Waals surface area contributed by atoms with Crippen molar-refractivity contribution in [1.82, 2.24) is 0 Å². The molecule has 0 amide bonds. The maximum Gasteiger partial charge on any atom is 0.0701 e. The van der Waals surface area contributed by atoms with E-state index >= 15 is 0 Å². The maximum atomic E-state index is 9.30. The quantitative estimate of drug-likeness (QED) is 0.842. The fraction of sp³-hybridized carbons (Fsp3) is 0.286. The Bertz CT molecular complexity index is 453. The summed E-state index contributed by atoms with van der Waals surface area (Å²) < 4.78 is 0. The minimum Gasteiger partial charge on any atom is -0.392 e. The van der Waals surface area contributed by atoms with E-state index in [-0.39, 0.29) is 6.61 Å². The molecule has 0 bridgehead atoms. The van der Waals surface area contributed by atoms with E-state index < -0.39 is 0 Å². The van der Waals surface area contributed by atoms with Crippen molar-refractivity contribution in [1.29, 1.82) is 0 Å². The molecule has 1 aromatic heterocycles. The van der Waals surface area contributed by atoms with Crippen LogP contribution < -0.4 is 5.32 Å². The Labute approximate surface area is 106 Å². The molecule has 2 N–H and O–H groups in total. The summed E-state index contributed by atoms with van der Waals surface area (Å²) in [4.78, 5) is 1.33. The van der Waals surface area contributed by atoms with Crippen molar-refractivity contribution in [3.05, 3.63) is 52.2 Å². The summed E-state index contributed by atoms with van der Waals surface area (Å²) in [5.41, 5.74) is 1.97. The largest absolute Gasteiger partial charge is 0.392 e. The Morgan fingerprint density at radius 3 is 2.71 bits per heavy atom. The lowest BCUT2D eigenvalue weighted by Gasteiger charge is -2.18. The highest BCUT2D eigenvalue weighted by Crippen LogP contribution is 2.27. The first-order chi connectivity index (χ1) is 8.35.